The van der Waals surface area contributed by atoms with Gasteiger partial charge in [0.2, 0.25) is 0 Å². The van der Waals surface area contributed by atoms with E-state index in [0.717, 1.165) is 18.5 Å². The summed E-state index contributed by atoms with van der Waals surface area (Å²) < 4.78 is 0. The molecule has 0 saturated carbocycles. The number of nitrogens with zero attached hydrogens (tertiary/aromatic N) is 1. The van der Waals surface area contributed by atoms with Crippen LogP contribution in [0.4, 0.5) is 0 Å². The highest BCUT2D eigenvalue weighted by Gasteiger charge is 2.30. The molecule has 1 aromatic carbocycles. The number of aromatic nitrogens is 1. The average Bonchev–Trinajstić information content (AvgIpc) is 2.85. The first-order chi connectivity index (χ1) is 9.16. The molecule has 19 heavy (non-hydrogen) atoms. The van der Waals surface area contributed by atoms with Crippen LogP contribution in [0, 0.1) is 0 Å². The second kappa shape index (κ2) is 4.95. The van der Waals surface area contributed by atoms with Gasteiger partial charge in [0.15, 0.2) is 5.78 Å². The number of hydrogen-bond donors (Lipinski definition) is 0. The molecular weight excluding hydrogens is 281 g/mol. The lowest BCUT2D eigenvalue weighted by molar-refractivity contribution is 0.0958. The van der Waals surface area contributed by atoms with Gasteiger partial charge in [0.1, 0.15) is 0 Å². The van der Waals surface area contributed by atoms with E-state index in [4.69, 9.17) is 23.2 Å². The molecule has 1 aliphatic carbocycles. The van der Waals surface area contributed by atoms with Crippen molar-refractivity contribution in [3.63, 3.8) is 0 Å². The molecule has 0 fully saturated rings. The number of carbonyl (C=O) groups is 1. The Morgan fingerprint density at radius 2 is 2.05 bits per heavy atom. The zero-order valence-electron chi connectivity index (χ0n) is 10.1. The number of rotatable bonds is 2. The predicted molar refractivity (Wildman–Crippen MR) is 76.1 cm³/mol. The molecule has 1 aliphatic rings. The van der Waals surface area contributed by atoms with Crippen LogP contribution in [0.2, 0.25) is 10.0 Å². The molecule has 1 aromatic heterocycles. The Kier molecular flexibility index (Phi) is 3.29. The number of halogens is 2. The van der Waals surface area contributed by atoms with Crippen LogP contribution >= 0.6 is 23.2 Å². The summed E-state index contributed by atoms with van der Waals surface area (Å²) in [5.74, 6) is -0.0931. The van der Waals surface area contributed by atoms with Gasteiger partial charge in [0, 0.05) is 11.8 Å². The van der Waals surface area contributed by atoms with Crippen LogP contribution in [0.15, 0.2) is 36.5 Å². The third-order valence-electron chi connectivity index (χ3n) is 3.48. The van der Waals surface area contributed by atoms with Crippen LogP contribution in [0.25, 0.3) is 0 Å². The Hall–Kier alpha value is -1.38. The molecule has 2 aromatic rings. The molecule has 0 amide bonds. The highest BCUT2D eigenvalue weighted by atomic mass is 35.5. The van der Waals surface area contributed by atoms with E-state index in [9.17, 15) is 4.79 Å². The topological polar surface area (TPSA) is 30.0 Å². The summed E-state index contributed by atoms with van der Waals surface area (Å²) in [5.41, 5.74) is 2.66. The van der Waals surface area contributed by atoms with E-state index in [1.54, 1.807) is 24.4 Å². The summed E-state index contributed by atoms with van der Waals surface area (Å²) in [7, 11) is 0. The van der Waals surface area contributed by atoms with Gasteiger partial charge in [-0.05, 0) is 42.7 Å². The van der Waals surface area contributed by atoms with Gasteiger partial charge in [-0.3, -0.25) is 9.78 Å². The number of ketones is 1. The molecule has 0 saturated heterocycles. The molecule has 1 unspecified atom stereocenters. The second-order valence-corrected chi connectivity index (χ2v) is 5.45. The fraction of sp³-hybridized carbons (Fsp3) is 0.200. The lowest BCUT2D eigenvalue weighted by Crippen LogP contribution is -2.11. The summed E-state index contributed by atoms with van der Waals surface area (Å²) >= 11 is 11.8. The normalized spacial score (nSPS) is 17.3. The summed E-state index contributed by atoms with van der Waals surface area (Å²) in [6, 6.07) is 8.95. The zero-order valence-corrected chi connectivity index (χ0v) is 11.6. The quantitative estimate of drug-likeness (QED) is 0.772. The minimum Gasteiger partial charge on any atom is -0.293 e. The fourth-order valence-electron chi connectivity index (χ4n) is 2.52. The summed E-state index contributed by atoms with van der Waals surface area (Å²) in [5, 5.41) is 0.870. The minimum absolute atomic E-state index is 0.0658. The van der Waals surface area contributed by atoms with Gasteiger partial charge in [0.25, 0.3) is 0 Å². The van der Waals surface area contributed by atoms with Gasteiger partial charge in [-0.1, -0.05) is 29.3 Å². The van der Waals surface area contributed by atoms with Gasteiger partial charge in [-0.15, -0.1) is 0 Å². The molecule has 0 bridgehead atoms. The molecule has 96 valence electrons. The molecule has 1 atom stereocenters. The van der Waals surface area contributed by atoms with Crippen molar-refractivity contribution in [3.05, 3.63) is 63.4 Å². The van der Waals surface area contributed by atoms with Crippen molar-refractivity contribution in [1.82, 2.24) is 4.98 Å². The molecule has 0 radical (unpaired) electrons. The van der Waals surface area contributed by atoms with Crippen molar-refractivity contribution in [1.29, 1.82) is 0 Å². The van der Waals surface area contributed by atoms with Gasteiger partial charge in [0.05, 0.1) is 21.7 Å². The van der Waals surface area contributed by atoms with Crippen molar-refractivity contribution in [2.45, 2.75) is 18.8 Å². The van der Waals surface area contributed by atoms with E-state index in [1.807, 2.05) is 12.1 Å². The van der Waals surface area contributed by atoms with Gasteiger partial charge >= 0.3 is 0 Å². The Labute approximate surface area is 121 Å². The molecule has 0 aliphatic heterocycles. The van der Waals surface area contributed by atoms with E-state index in [1.165, 1.54) is 5.56 Å². The average molecular weight is 292 g/mol. The van der Waals surface area contributed by atoms with Crippen molar-refractivity contribution in [3.8, 4) is 0 Å². The Balaban J connectivity index is 1.95. The van der Waals surface area contributed by atoms with E-state index in [2.05, 4.69) is 4.98 Å². The SMILES string of the molecule is O=C(c1ccc(Cl)c(Cl)c1)C1CCc2cccnc21. The molecule has 3 rings (SSSR count). The third-order valence-corrected chi connectivity index (χ3v) is 4.22. The van der Waals surface area contributed by atoms with Crippen LogP contribution in [-0.2, 0) is 6.42 Å². The number of carbonyl (C=O) groups excluding carboxylic acids is 1. The Morgan fingerprint density at radius 3 is 2.84 bits per heavy atom. The van der Waals surface area contributed by atoms with Crippen LogP contribution in [-0.4, -0.2) is 10.8 Å². The van der Waals surface area contributed by atoms with Gasteiger partial charge in [-0.2, -0.15) is 0 Å². The van der Waals surface area contributed by atoms with E-state index < -0.39 is 0 Å². The predicted octanol–water partition coefficient (Wildman–Crippen LogP) is 4.30. The number of pyridine rings is 1. The van der Waals surface area contributed by atoms with Crippen LogP contribution in [0.1, 0.15) is 34.0 Å². The number of hydrogen-bond acceptors (Lipinski definition) is 2. The van der Waals surface area contributed by atoms with Crippen molar-refractivity contribution < 1.29 is 4.79 Å². The van der Waals surface area contributed by atoms with Crippen LogP contribution in [0.5, 0.6) is 0 Å². The standard InChI is InChI=1S/C15H11Cl2NO/c16-12-6-4-10(8-13(12)17)15(19)11-5-3-9-2-1-7-18-14(9)11/h1-2,4,6-8,11H,3,5H2. The molecule has 1 heterocycles. The Morgan fingerprint density at radius 1 is 1.21 bits per heavy atom. The minimum atomic E-state index is -0.159. The molecular formula is C15H11Cl2NO. The first-order valence-electron chi connectivity index (χ1n) is 6.10. The van der Waals surface area contributed by atoms with Gasteiger partial charge in [-0.25, -0.2) is 0 Å². The summed E-state index contributed by atoms with van der Waals surface area (Å²) in [6.07, 6.45) is 3.45. The number of benzene rings is 1. The maximum absolute atomic E-state index is 12.5. The molecule has 0 spiro atoms. The Bertz CT molecular complexity index is 654. The summed E-state index contributed by atoms with van der Waals surface area (Å²) in [6.45, 7) is 0. The third kappa shape index (κ3) is 2.26. The maximum atomic E-state index is 12.5. The van der Waals surface area contributed by atoms with E-state index in [0.29, 0.717) is 15.6 Å². The van der Waals surface area contributed by atoms with Crippen molar-refractivity contribution >= 4 is 29.0 Å². The number of fused-ring (bicyclic) bond motifs is 1. The zero-order chi connectivity index (χ0) is 13.4. The molecule has 2 nitrogen and oxygen atoms in total. The lowest BCUT2D eigenvalue weighted by atomic mass is 9.95. The van der Waals surface area contributed by atoms with Gasteiger partial charge < -0.3 is 0 Å². The van der Waals surface area contributed by atoms with Crippen LogP contribution in [0.3, 0.4) is 0 Å². The maximum Gasteiger partial charge on any atom is 0.171 e. The number of Topliss-reactive ketones (excluding diaryl/α,β-unsaturated/α-hetero) is 1. The monoisotopic (exact) mass is 291 g/mol. The molecule has 0 N–H and O–H groups in total. The van der Waals surface area contributed by atoms with Crippen molar-refractivity contribution in [2.24, 2.45) is 0 Å². The first kappa shape index (κ1) is 12.6. The second-order valence-electron chi connectivity index (χ2n) is 4.63. The van der Waals surface area contributed by atoms with E-state index in [-0.39, 0.29) is 11.7 Å². The summed E-state index contributed by atoms with van der Waals surface area (Å²) in [4.78, 5) is 16.9. The largest absolute Gasteiger partial charge is 0.293 e. The lowest BCUT2D eigenvalue weighted by Gasteiger charge is -2.10. The van der Waals surface area contributed by atoms with Crippen LogP contribution < -0.4 is 0 Å². The smallest absolute Gasteiger partial charge is 0.171 e. The highest BCUT2D eigenvalue weighted by Crippen LogP contribution is 2.34. The molecule has 4 heteroatoms. The van der Waals surface area contributed by atoms with E-state index >= 15 is 0 Å². The number of aryl methyl sites for hydroxylation is 1. The van der Waals surface area contributed by atoms with Crippen molar-refractivity contribution in [2.75, 3.05) is 0 Å². The fourth-order valence-corrected chi connectivity index (χ4v) is 2.82. The highest BCUT2D eigenvalue weighted by molar-refractivity contribution is 6.42. The first-order valence-corrected chi connectivity index (χ1v) is 6.85.